The van der Waals surface area contributed by atoms with Crippen molar-refractivity contribution in [3.05, 3.63) is 35.1 Å². The molecule has 0 amide bonds. The average molecular weight is 357 g/mol. The number of carbonyl (C=O) groups excluding carboxylic acids is 3. The quantitative estimate of drug-likeness (QED) is 0.688. The molecule has 0 fully saturated rings. The van der Waals surface area contributed by atoms with E-state index in [1.54, 1.807) is 18.2 Å². The molecule has 0 unspecified atom stereocenters. The summed E-state index contributed by atoms with van der Waals surface area (Å²) < 4.78 is 5.70. The summed E-state index contributed by atoms with van der Waals surface area (Å²) in [6.45, 7) is 7.71. The summed E-state index contributed by atoms with van der Waals surface area (Å²) in [5, 5.41) is 0.660. The van der Waals surface area contributed by atoms with Crippen LogP contribution in [0.15, 0.2) is 22.6 Å². The standard InChI is InChI=1S/C21H27NO4/c1-13(23)15-10-14-11-19(20(25)21(2,3)4)26-18(14)12-16(15)17(24)8-7-9-22(5)6/h10-12H,7-9H2,1-6H3. The monoisotopic (exact) mass is 357 g/mol. The van der Waals surface area contributed by atoms with E-state index >= 15 is 0 Å². The summed E-state index contributed by atoms with van der Waals surface area (Å²) in [6, 6.07) is 4.90. The van der Waals surface area contributed by atoms with Gasteiger partial charge in [0.2, 0.25) is 5.78 Å². The molecule has 140 valence electrons. The molecule has 0 aliphatic heterocycles. The number of benzene rings is 1. The third-order valence-corrected chi connectivity index (χ3v) is 4.25. The van der Waals surface area contributed by atoms with E-state index in [4.69, 9.17) is 4.42 Å². The van der Waals surface area contributed by atoms with Crippen LogP contribution < -0.4 is 0 Å². The van der Waals surface area contributed by atoms with Gasteiger partial charge in [-0.15, -0.1) is 0 Å². The van der Waals surface area contributed by atoms with Crippen molar-refractivity contribution >= 4 is 28.3 Å². The Balaban J connectivity index is 2.43. The number of furan rings is 1. The third kappa shape index (κ3) is 4.47. The molecule has 26 heavy (non-hydrogen) atoms. The molecular formula is C21H27NO4. The lowest BCUT2D eigenvalue weighted by Gasteiger charge is -2.13. The van der Waals surface area contributed by atoms with Crippen molar-refractivity contribution in [2.45, 2.75) is 40.5 Å². The van der Waals surface area contributed by atoms with Crippen molar-refractivity contribution in [2.24, 2.45) is 5.41 Å². The Morgan fingerprint density at radius 1 is 1.04 bits per heavy atom. The third-order valence-electron chi connectivity index (χ3n) is 4.25. The second-order valence-corrected chi connectivity index (χ2v) is 8.01. The Hall–Kier alpha value is -2.27. The Morgan fingerprint density at radius 3 is 2.23 bits per heavy atom. The van der Waals surface area contributed by atoms with Gasteiger partial charge in [-0.05, 0) is 52.2 Å². The maximum Gasteiger partial charge on any atom is 0.203 e. The van der Waals surface area contributed by atoms with Gasteiger partial charge in [0.15, 0.2) is 17.3 Å². The lowest BCUT2D eigenvalue weighted by molar-refractivity contribution is 0.0830. The highest BCUT2D eigenvalue weighted by Crippen LogP contribution is 2.29. The molecule has 2 aromatic rings. The molecule has 0 saturated heterocycles. The maximum absolute atomic E-state index is 12.6. The highest BCUT2D eigenvalue weighted by Gasteiger charge is 2.27. The van der Waals surface area contributed by atoms with E-state index < -0.39 is 5.41 Å². The number of fused-ring (bicyclic) bond motifs is 1. The van der Waals surface area contributed by atoms with E-state index in [0.717, 1.165) is 6.54 Å². The molecule has 2 rings (SSSR count). The Labute approximate surface area is 154 Å². The molecule has 0 radical (unpaired) electrons. The van der Waals surface area contributed by atoms with E-state index in [1.165, 1.54) is 6.92 Å². The molecule has 0 bridgehead atoms. The second kappa shape index (κ2) is 7.54. The van der Waals surface area contributed by atoms with Gasteiger partial charge in [-0.3, -0.25) is 14.4 Å². The van der Waals surface area contributed by atoms with Crippen molar-refractivity contribution in [1.29, 1.82) is 0 Å². The molecule has 1 heterocycles. The molecule has 0 N–H and O–H groups in total. The Morgan fingerprint density at radius 2 is 1.69 bits per heavy atom. The lowest BCUT2D eigenvalue weighted by Crippen LogP contribution is -2.19. The summed E-state index contributed by atoms with van der Waals surface area (Å²) in [6.07, 6.45) is 1.07. The second-order valence-electron chi connectivity index (χ2n) is 8.01. The normalized spacial score (nSPS) is 12.0. The number of hydrogen-bond acceptors (Lipinski definition) is 5. The molecule has 1 aromatic carbocycles. The van der Waals surface area contributed by atoms with Gasteiger partial charge in [0.1, 0.15) is 5.58 Å². The first-order chi connectivity index (χ1) is 12.0. The summed E-state index contributed by atoms with van der Waals surface area (Å²) in [5.41, 5.74) is 0.636. The molecule has 0 aliphatic rings. The molecule has 1 aromatic heterocycles. The van der Waals surface area contributed by atoms with Gasteiger partial charge in [0, 0.05) is 28.3 Å². The molecule has 0 atom stereocenters. The summed E-state index contributed by atoms with van der Waals surface area (Å²) >= 11 is 0. The number of carbonyl (C=O) groups is 3. The molecule has 0 aliphatic carbocycles. The maximum atomic E-state index is 12.6. The summed E-state index contributed by atoms with van der Waals surface area (Å²) in [7, 11) is 3.91. The number of ketones is 3. The van der Waals surface area contributed by atoms with Crippen LogP contribution in [0.5, 0.6) is 0 Å². The highest BCUT2D eigenvalue weighted by molar-refractivity contribution is 6.11. The molecule has 0 saturated carbocycles. The van der Waals surface area contributed by atoms with Crippen LogP contribution >= 0.6 is 0 Å². The van der Waals surface area contributed by atoms with Gasteiger partial charge in [-0.25, -0.2) is 0 Å². The van der Waals surface area contributed by atoms with Crippen LogP contribution in [-0.4, -0.2) is 42.9 Å². The first kappa shape index (κ1) is 20.0. The minimum atomic E-state index is -0.567. The van der Waals surface area contributed by atoms with Crippen LogP contribution in [0.1, 0.15) is 71.8 Å². The van der Waals surface area contributed by atoms with E-state index in [-0.39, 0.29) is 23.1 Å². The minimum Gasteiger partial charge on any atom is -0.453 e. The predicted octanol–water partition coefficient (Wildman–Crippen LogP) is 4.39. The van der Waals surface area contributed by atoms with Crippen molar-refractivity contribution in [3.63, 3.8) is 0 Å². The van der Waals surface area contributed by atoms with Crippen molar-refractivity contribution < 1.29 is 18.8 Å². The largest absolute Gasteiger partial charge is 0.453 e. The van der Waals surface area contributed by atoms with Crippen LogP contribution in [0, 0.1) is 5.41 Å². The molecule has 5 heteroatoms. The smallest absolute Gasteiger partial charge is 0.203 e. The van der Waals surface area contributed by atoms with E-state index in [0.29, 0.717) is 34.9 Å². The zero-order valence-corrected chi connectivity index (χ0v) is 16.4. The highest BCUT2D eigenvalue weighted by atomic mass is 16.3. The van der Waals surface area contributed by atoms with Gasteiger partial charge in [0.05, 0.1) is 0 Å². The van der Waals surface area contributed by atoms with Crippen LogP contribution in [0.3, 0.4) is 0 Å². The van der Waals surface area contributed by atoms with Crippen LogP contribution in [0.25, 0.3) is 11.0 Å². The topological polar surface area (TPSA) is 67.6 Å². The number of hydrogen-bond donors (Lipinski definition) is 0. The van der Waals surface area contributed by atoms with Gasteiger partial charge in [-0.1, -0.05) is 20.8 Å². The Bertz CT molecular complexity index is 853. The number of rotatable bonds is 7. The van der Waals surface area contributed by atoms with Crippen LogP contribution in [0.2, 0.25) is 0 Å². The first-order valence-electron chi connectivity index (χ1n) is 8.82. The fraction of sp³-hybridized carbons (Fsp3) is 0.476. The summed E-state index contributed by atoms with van der Waals surface area (Å²) in [4.78, 5) is 39.1. The van der Waals surface area contributed by atoms with Gasteiger partial charge >= 0.3 is 0 Å². The molecule has 0 spiro atoms. The van der Waals surface area contributed by atoms with Crippen LogP contribution in [-0.2, 0) is 0 Å². The average Bonchev–Trinajstić information content (AvgIpc) is 2.94. The lowest BCUT2D eigenvalue weighted by atomic mass is 9.89. The van der Waals surface area contributed by atoms with Crippen molar-refractivity contribution in [1.82, 2.24) is 4.90 Å². The summed E-state index contributed by atoms with van der Waals surface area (Å²) in [5.74, 6) is -0.122. The minimum absolute atomic E-state index is 0.0842. The van der Waals surface area contributed by atoms with Crippen LogP contribution in [0.4, 0.5) is 0 Å². The van der Waals surface area contributed by atoms with Gasteiger partial charge < -0.3 is 9.32 Å². The zero-order valence-electron chi connectivity index (χ0n) is 16.4. The number of nitrogens with zero attached hydrogens (tertiary/aromatic N) is 1. The van der Waals surface area contributed by atoms with Gasteiger partial charge in [0.25, 0.3) is 0 Å². The number of Topliss-reactive ketones (excluding diaryl/α,β-unsaturated/α-hetero) is 3. The van der Waals surface area contributed by atoms with E-state index in [9.17, 15) is 14.4 Å². The van der Waals surface area contributed by atoms with Crippen molar-refractivity contribution in [3.8, 4) is 0 Å². The molecular weight excluding hydrogens is 330 g/mol. The SMILES string of the molecule is CC(=O)c1cc2cc(C(=O)C(C)(C)C)oc2cc1C(=O)CCCN(C)C. The van der Waals surface area contributed by atoms with E-state index in [2.05, 4.69) is 0 Å². The fourth-order valence-electron chi connectivity index (χ4n) is 2.78. The Kier molecular flexibility index (Phi) is 5.81. The zero-order chi connectivity index (χ0) is 19.6. The fourth-order valence-corrected chi connectivity index (χ4v) is 2.78. The van der Waals surface area contributed by atoms with Gasteiger partial charge in [-0.2, -0.15) is 0 Å². The van der Waals surface area contributed by atoms with Crippen molar-refractivity contribution in [2.75, 3.05) is 20.6 Å². The first-order valence-corrected chi connectivity index (χ1v) is 8.82. The van der Waals surface area contributed by atoms with E-state index in [1.807, 2.05) is 39.8 Å². The predicted molar refractivity (Wildman–Crippen MR) is 102 cm³/mol. The molecule has 5 nitrogen and oxygen atoms in total.